The van der Waals surface area contributed by atoms with Gasteiger partial charge in [-0.05, 0) is 57.8 Å². The molecule has 0 saturated carbocycles. The third-order valence-electron chi connectivity index (χ3n) is 9.67. The molecule has 0 bridgehead atoms. The average Bonchev–Trinajstić information content (AvgIpc) is 3.19. The van der Waals surface area contributed by atoms with E-state index in [4.69, 9.17) is 18.9 Å². The molecule has 10 nitrogen and oxygen atoms in total. The molecule has 56 heavy (non-hydrogen) atoms. The van der Waals surface area contributed by atoms with E-state index in [2.05, 4.69) is 74.6 Å². The van der Waals surface area contributed by atoms with Gasteiger partial charge in [0.1, 0.15) is 31.0 Å². The number of aliphatic hydroxyl groups excluding tert-OH is 4. The first kappa shape index (κ1) is 51.4. The van der Waals surface area contributed by atoms with Gasteiger partial charge in [-0.2, -0.15) is 0 Å². The Morgan fingerprint density at radius 2 is 1.05 bits per heavy atom. The topological polar surface area (TPSA) is 152 Å². The van der Waals surface area contributed by atoms with Crippen LogP contribution in [0.4, 0.5) is 0 Å². The lowest BCUT2D eigenvalue weighted by Gasteiger charge is -2.39. The van der Waals surface area contributed by atoms with Gasteiger partial charge >= 0.3 is 11.9 Å². The van der Waals surface area contributed by atoms with Gasteiger partial charge in [0.2, 0.25) is 0 Å². The quantitative estimate of drug-likeness (QED) is 0.0278. The molecule has 0 aromatic carbocycles. The Hall–Kier alpha value is -2.60. The predicted octanol–water partition coefficient (Wildman–Crippen LogP) is 9.05. The monoisotopic (exact) mass is 791 g/mol. The molecule has 0 aliphatic carbocycles. The van der Waals surface area contributed by atoms with Gasteiger partial charge in [-0.1, -0.05) is 152 Å². The maximum atomic E-state index is 12.7. The highest BCUT2D eigenvalue weighted by atomic mass is 16.7. The van der Waals surface area contributed by atoms with Crippen LogP contribution in [-0.4, -0.2) is 89.0 Å². The molecule has 0 amide bonds. The molecule has 0 aromatic rings. The number of rotatable bonds is 35. The summed E-state index contributed by atoms with van der Waals surface area (Å²) in [5.74, 6) is -0.847. The van der Waals surface area contributed by atoms with Gasteiger partial charge < -0.3 is 39.4 Å². The molecule has 4 N–H and O–H groups in total. The molecule has 1 heterocycles. The van der Waals surface area contributed by atoms with Crippen LogP contribution in [0.2, 0.25) is 0 Å². The Morgan fingerprint density at radius 3 is 1.59 bits per heavy atom. The molecule has 10 heteroatoms. The van der Waals surface area contributed by atoms with E-state index in [0.29, 0.717) is 6.42 Å². The fourth-order valence-corrected chi connectivity index (χ4v) is 6.21. The van der Waals surface area contributed by atoms with Gasteiger partial charge in [-0.25, -0.2) is 0 Å². The van der Waals surface area contributed by atoms with Gasteiger partial charge in [0.05, 0.1) is 13.2 Å². The smallest absolute Gasteiger partial charge is 0.306 e. The number of aliphatic hydroxyl groups is 4. The third-order valence-corrected chi connectivity index (χ3v) is 9.67. The van der Waals surface area contributed by atoms with Crippen molar-refractivity contribution in [1.29, 1.82) is 0 Å². The lowest BCUT2D eigenvalue weighted by atomic mass is 9.99. The van der Waals surface area contributed by atoms with Crippen molar-refractivity contribution in [3.63, 3.8) is 0 Å². The highest BCUT2D eigenvalue weighted by Crippen LogP contribution is 2.22. The Bertz CT molecular complexity index is 1100. The van der Waals surface area contributed by atoms with Crippen molar-refractivity contribution in [3.8, 4) is 0 Å². The summed E-state index contributed by atoms with van der Waals surface area (Å²) in [7, 11) is 0. The van der Waals surface area contributed by atoms with Crippen LogP contribution in [0.25, 0.3) is 0 Å². The van der Waals surface area contributed by atoms with Crippen molar-refractivity contribution in [2.24, 2.45) is 0 Å². The standard InChI is InChI=1S/C46H78O10/c1-3-5-7-9-11-13-15-17-18-19-20-21-22-23-25-27-29-31-33-35-42(49)55-39(38-54-46-45(52)44(51)43(50)40(36-47)56-46)37-53-41(48)34-32-30-28-26-24-16-14-12-10-8-6-4-2/h5,7,11,13,17-18,20-21,23,25,39-40,43-47,50-52H,3-4,6,8-10,12,14-16,19,22,24,26-38H2,1-2H3/b7-5+,13-11+,18-17+,21-20+,25-23+/t39-,40-,43+,44?,45?,46-/m1/s1. The molecule has 322 valence electrons. The third kappa shape index (κ3) is 27.9. The zero-order valence-corrected chi connectivity index (χ0v) is 34.9. The van der Waals surface area contributed by atoms with Gasteiger partial charge in [0, 0.05) is 12.8 Å². The Labute approximate surface area is 339 Å². The maximum absolute atomic E-state index is 12.7. The number of carbonyl (C=O) groups excluding carboxylic acids is 2. The summed E-state index contributed by atoms with van der Waals surface area (Å²) < 4.78 is 22.1. The summed E-state index contributed by atoms with van der Waals surface area (Å²) in [5, 5.41) is 40.0. The van der Waals surface area contributed by atoms with E-state index >= 15 is 0 Å². The van der Waals surface area contributed by atoms with Crippen molar-refractivity contribution >= 4 is 11.9 Å². The van der Waals surface area contributed by atoms with Crippen molar-refractivity contribution in [3.05, 3.63) is 60.8 Å². The SMILES string of the molecule is CC/C=C/C/C=C/C/C=C/C/C=C/C/C=C/CCCCCC(=O)O[C@H](COC(=O)CCCCCCCCCCCCCC)CO[C@@H]1O[C@H](CO)[C@H](O)C(O)C1O. The van der Waals surface area contributed by atoms with Gasteiger partial charge in [0.25, 0.3) is 0 Å². The molecule has 0 spiro atoms. The molecule has 1 rings (SSSR count). The van der Waals surface area contributed by atoms with Gasteiger partial charge in [-0.15, -0.1) is 0 Å². The summed E-state index contributed by atoms with van der Waals surface area (Å²) in [6.07, 6.45) is 36.5. The minimum absolute atomic E-state index is 0.190. The van der Waals surface area contributed by atoms with Crippen LogP contribution in [-0.2, 0) is 28.5 Å². The molecule has 1 saturated heterocycles. The summed E-state index contributed by atoms with van der Waals surface area (Å²) >= 11 is 0. The fraction of sp³-hybridized carbons (Fsp3) is 0.739. The number of allylic oxidation sites excluding steroid dienone is 10. The molecular weight excluding hydrogens is 712 g/mol. The maximum Gasteiger partial charge on any atom is 0.306 e. The lowest BCUT2D eigenvalue weighted by molar-refractivity contribution is -0.305. The summed E-state index contributed by atoms with van der Waals surface area (Å²) in [4.78, 5) is 25.3. The normalized spacial score (nSPS) is 21.0. The number of esters is 2. The number of carbonyl (C=O) groups is 2. The second-order valence-electron chi connectivity index (χ2n) is 14.8. The van der Waals surface area contributed by atoms with Crippen LogP contribution in [0, 0.1) is 0 Å². The van der Waals surface area contributed by atoms with E-state index in [9.17, 15) is 30.0 Å². The molecule has 2 unspecified atom stereocenters. The first-order valence-electron chi connectivity index (χ1n) is 21.9. The molecule has 1 aliphatic heterocycles. The number of hydrogen-bond donors (Lipinski definition) is 4. The predicted molar refractivity (Wildman–Crippen MR) is 224 cm³/mol. The highest BCUT2D eigenvalue weighted by molar-refractivity contribution is 5.70. The Balaban J connectivity index is 2.37. The van der Waals surface area contributed by atoms with E-state index in [1.165, 1.54) is 57.8 Å². The van der Waals surface area contributed by atoms with Gasteiger partial charge in [0.15, 0.2) is 12.4 Å². The van der Waals surface area contributed by atoms with Crippen LogP contribution in [0.15, 0.2) is 60.8 Å². The van der Waals surface area contributed by atoms with E-state index in [1.807, 2.05) is 0 Å². The average molecular weight is 791 g/mol. The van der Waals surface area contributed by atoms with Crippen LogP contribution in [0.3, 0.4) is 0 Å². The van der Waals surface area contributed by atoms with Crippen LogP contribution in [0.1, 0.15) is 162 Å². The largest absolute Gasteiger partial charge is 0.462 e. The zero-order chi connectivity index (χ0) is 40.9. The molecular formula is C46H78O10. The van der Waals surface area contributed by atoms with Crippen molar-refractivity contribution in [2.45, 2.75) is 198 Å². The first-order chi connectivity index (χ1) is 27.3. The molecule has 1 fully saturated rings. The minimum Gasteiger partial charge on any atom is -0.462 e. The van der Waals surface area contributed by atoms with Crippen molar-refractivity contribution in [1.82, 2.24) is 0 Å². The second-order valence-corrected chi connectivity index (χ2v) is 14.8. The van der Waals surface area contributed by atoms with Crippen LogP contribution < -0.4 is 0 Å². The Morgan fingerprint density at radius 1 is 0.571 bits per heavy atom. The highest BCUT2D eigenvalue weighted by Gasteiger charge is 2.44. The van der Waals surface area contributed by atoms with Gasteiger partial charge in [-0.3, -0.25) is 9.59 Å². The molecule has 0 aromatic heterocycles. The number of ether oxygens (including phenoxy) is 4. The van der Waals surface area contributed by atoms with Crippen LogP contribution >= 0.6 is 0 Å². The summed E-state index contributed by atoms with van der Waals surface area (Å²) in [6, 6.07) is 0. The summed E-state index contributed by atoms with van der Waals surface area (Å²) in [5.41, 5.74) is 0. The minimum atomic E-state index is -1.60. The zero-order valence-electron chi connectivity index (χ0n) is 34.9. The van der Waals surface area contributed by atoms with E-state index in [-0.39, 0.29) is 32.0 Å². The molecule has 6 atom stereocenters. The molecule has 0 radical (unpaired) electrons. The first-order valence-corrected chi connectivity index (χ1v) is 21.9. The molecule has 1 aliphatic rings. The van der Waals surface area contributed by atoms with Crippen LogP contribution in [0.5, 0.6) is 0 Å². The fourth-order valence-electron chi connectivity index (χ4n) is 6.21. The Kier molecular flexibility index (Phi) is 33.7. The summed E-state index contributed by atoms with van der Waals surface area (Å²) in [6.45, 7) is 3.26. The number of hydrogen-bond acceptors (Lipinski definition) is 10. The van der Waals surface area contributed by atoms with E-state index < -0.39 is 49.4 Å². The number of unbranched alkanes of at least 4 members (excludes halogenated alkanes) is 14. The van der Waals surface area contributed by atoms with Crippen molar-refractivity contribution in [2.75, 3.05) is 19.8 Å². The van der Waals surface area contributed by atoms with Crippen molar-refractivity contribution < 1.29 is 49.0 Å². The van der Waals surface area contributed by atoms with E-state index in [0.717, 1.165) is 70.6 Å². The van der Waals surface area contributed by atoms with E-state index in [1.54, 1.807) is 0 Å². The second kappa shape index (κ2) is 36.7. The lowest BCUT2D eigenvalue weighted by Crippen LogP contribution is -2.59.